The highest BCUT2D eigenvalue weighted by atomic mass is 16.4. The van der Waals surface area contributed by atoms with E-state index < -0.39 is 11.9 Å². The number of benzene rings is 1. The second-order valence-electron chi connectivity index (χ2n) is 5.65. The molecule has 132 valence electrons. The first kappa shape index (κ1) is 19.7. The van der Waals surface area contributed by atoms with E-state index in [1.807, 2.05) is 0 Å². The molecule has 0 radical (unpaired) electrons. The number of hydrogen-bond acceptors (Lipinski definition) is 4. The Morgan fingerprint density at radius 3 is 2.50 bits per heavy atom. The third-order valence-corrected chi connectivity index (χ3v) is 3.80. The van der Waals surface area contributed by atoms with E-state index in [1.54, 1.807) is 0 Å². The van der Waals surface area contributed by atoms with E-state index in [1.165, 1.54) is 36.9 Å². The van der Waals surface area contributed by atoms with E-state index in [4.69, 9.17) is 15.9 Å². The Kier molecular flexibility index (Phi) is 8.57. The second kappa shape index (κ2) is 10.4. The van der Waals surface area contributed by atoms with Crippen molar-refractivity contribution in [2.45, 2.75) is 38.6 Å². The number of carboxylic acids is 2. The minimum Gasteiger partial charge on any atom is -0.478 e. The van der Waals surface area contributed by atoms with Gasteiger partial charge in [-0.15, -0.1) is 0 Å². The van der Waals surface area contributed by atoms with Crippen LogP contribution in [0.1, 0.15) is 31.7 Å². The monoisotopic (exact) mass is 334 g/mol. The van der Waals surface area contributed by atoms with Crippen LogP contribution in [0.15, 0.2) is 36.4 Å². The summed E-state index contributed by atoms with van der Waals surface area (Å²) >= 11 is 0. The van der Waals surface area contributed by atoms with Crippen molar-refractivity contribution >= 4 is 17.6 Å². The Bertz CT molecular complexity index is 556. The smallest absolute Gasteiger partial charge is 0.328 e. The lowest BCUT2D eigenvalue weighted by Gasteiger charge is -2.26. The quantitative estimate of drug-likeness (QED) is 0.690. The maximum absolute atomic E-state index is 9.55. The number of nitrogens with two attached hydrogens (primary N) is 1. The molecule has 1 heterocycles. The van der Waals surface area contributed by atoms with Crippen molar-refractivity contribution in [3.05, 3.63) is 42.0 Å². The number of aryl methyl sites for hydroxylation is 1. The highest BCUT2D eigenvalue weighted by Crippen LogP contribution is 2.25. The van der Waals surface area contributed by atoms with E-state index >= 15 is 0 Å². The molecule has 6 heteroatoms. The Labute approximate surface area is 142 Å². The van der Waals surface area contributed by atoms with Crippen LogP contribution in [-0.4, -0.2) is 41.3 Å². The molecule has 1 aromatic rings. The summed E-state index contributed by atoms with van der Waals surface area (Å²) < 4.78 is 0. The maximum atomic E-state index is 9.55. The summed E-state index contributed by atoms with van der Waals surface area (Å²) in [5.41, 5.74) is 8.62. The van der Waals surface area contributed by atoms with Gasteiger partial charge in [0.1, 0.15) is 0 Å². The van der Waals surface area contributed by atoms with Gasteiger partial charge in [-0.05, 0) is 37.0 Å². The van der Waals surface area contributed by atoms with Crippen LogP contribution in [0, 0.1) is 0 Å². The molecule has 1 aliphatic heterocycles. The largest absolute Gasteiger partial charge is 0.478 e. The summed E-state index contributed by atoms with van der Waals surface area (Å²) in [5.74, 6) is -2.51. The average molecular weight is 334 g/mol. The average Bonchev–Trinajstić information content (AvgIpc) is 3.03. The fraction of sp³-hybridized carbons (Fsp3) is 0.444. The van der Waals surface area contributed by atoms with Crippen molar-refractivity contribution < 1.29 is 19.8 Å². The lowest BCUT2D eigenvalue weighted by Crippen LogP contribution is -2.35. The number of carboxylic acid groups (broad SMARTS) is 2. The summed E-state index contributed by atoms with van der Waals surface area (Å²) in [5, 5.41) is 15.6. The predicted octanol–water partition coefficient (Wildman–Crippen LogP) is 2.28. The molecule has 1 unspecified atom stereocenters. The van der Waals surface area contributed by atoms with Crippen LogP contribution >= 0.6 is 0 Å². The van der Waals surface area contributed by atoms with Crippen molar-refractivity contribution in [1.29, 1.82) is 0 Å². The van der Waals surface area contributed by atoms with Crippen molar-refractivity contribution in [3.63, 3.8) is 0 Å². The van der Waals surface area contributed by atoms with Crippen LogP contribution in [0.3, 0.4) is 0 Å². The molecule has 0 bridgehead atoms. The van der Waals surface area contributed by atoms with E-state index in [9.17, 15) is 9.59 Å². The van der Waals surface area contributed by atoms with Gasteiger partial charge >= 0.3 is 11.9 Å². The zero-order valence-corrected chi connectivity index (χ0v) is 14.0. The normalized spacial score (nSPS) is 16.8. The number of hydrogen-bond donors (Lipinski definition) is 3. The van der Waals surface area contributed by atoms with Gasteiger partial charge in [-0.1, -0.05) is 25.5 Å². The summed E-state index contributed by atoms with van der Waals surface area (Å²) in [6, 6.07) is 9.49. The van der Waals surface area contributed by atoms with E-state index in [0.717, 1.165) is 13.1 Å². The van der Waals surface area contributed by atoms with Gasteiger partial charge in [-0.25, -0.2) is 9.59 Å². The van der Waals surface area contributed by atoms with Crippen molar-refractivity contribution in [1.82, 2.24) is 0 Å². The van der Waals surface area contributed by atoms with Crippen molar-refractivity contribution in [2.24, 2.45) is 5.73 Å². The van der Waals surface area contributed by atoms with Crippen molar-refractivity contribution in [3.8, 4) is 0 Å². The standard InChI is InChI=1S/C14H22N2.C4H4O4/c1-2-5-12-6-3-7-13(10-12)16-9-4-8-14(16)11-15;5-3(6)1-2-4(7)8/h3,6-7,10,14H,2,4-5,8-9,11,15H2,1H3;1-2H,(H,5,6)(H,7,8)/b;2-1+. The first-order valence-electron chi connectivity index (χ1n) is 8.17. The van der Waals surface area contributed by atoms with Crippen LogP contribution in [0.25, 0.3) is 0 Å². The molecule has 1 fully saturated rings. The summed E-state index contributed by atoms with van der Waals surface area (Å²) in [4.78, 5) is 21.6. The van der Waals surface area contributed by atoms with Crippen LogP contribution in [0.4, 0.5) is 5.69 Å². The second-order valence-corrected chi connectivity index (χ2v) is 5.65. The predicted molar refractivity (Wildman–Crippen MR) is 94.3 cm³/mol. The molecule has 4 N–H and O–H groups in total. The van der Waals surface area contributed by atoms with Crippen LogP contribution in [0.2, 0.25) is 0 Å². The fourth-order valence-electron chi connectivity index (χ4n) is 2.74. The number of nitrogens with zero attached hydrogens (tertiary/aromatic N) is 1. The molecule has 2 rings (SSSR count). The molecule has 1 aromatic carbocycles. The first-order valence-corrected chi connectivity index (χ1v) is 8.17. The van der Waals surface area contributed by atoms with E-state index in [2.05, 4.69) is 36.1 Å². The first-order chi connectivity index (χ1) is 11.5. The Balaban J connectivity index is 0.000000307. The van der Waals surface area contributed by atoms with Gasteiger partial charge in [0.05, 0.1) is 0 Å². The minimum absolute atomic E-state index is 0.553. The molecule has 0 saturated carbocycles. The van der Waals surface area contributed by atoms with Gasteiger partial charge in [0.25, 0.3) is 0 Å². The molecule has 1 aliphatic rings. The molecular formula is C18H26N2O4. The maximum Gasteiger partial charge on any atom is 0.328 e. The molecule has 6 nitrogen and oxygen atoms in total. The topological polar surface area (TPSA) is 104 Å². The molecule has 24 heavy (non-hydrogen) atoms. The number of carbonyl (C=O) groups is 2. The Hall–Kier alpha value is -2.34. The Morgan fingerprint density at radius 1 is 1.29 bits per heavy atom. The lowest BCUT2D eigenvalue weighted by atomic mass is 10.1. The zero-order chi connectivity index (χ0) is 17.9. The van der Waals surface area contributed by atoms with Gasteiger partial charge in [0.15, 0.2) is 0 Å². The minimum atomic E-state index is -1.26. The van der Waals surface area contributed by atoms with Gasteiger partial charge in [0.2, 0.25) is 0 Å². The third kappa shape index (κ3) is 6.83. The van der Waals surface area contributed by atoms with Gasteiger partial charge in [-0.3, -0.25) is 0 Å². The van der Waals surface area contributed by atoms with Crippen LogP contribution < -0.4 is 10.6 Å². The molecule has 0 aliphatic carbocycles. The third-order valence-electron chi connectivity index (χ3n) is 3.80. The molecule has 0 spiro atoms. The molecule has 0 amide bonds. The van der Waals surface area contributed by atoms with Crippen LogP contribution in [-0.2, 0) is 16.0 Å². The number of aliphatic carboxylic acids is 2. The molecule has 1 saturated heterocycles. The zero-order valence-electron chi connectivity index (χ0n) is 14.0. The number of rotatable bonds is 6. The van der Waals surface area contributed by atoms with Gasteiger partial charge < -0.3 is 20.8 Å². The van der Waals surface area contributed by atoms with E-state index in [-0.39, 0.29) is 0 Å². The molecule has 0 aromatic heterocycles. The summed E-state index contributed by atoms with van der Waals surface area (Å²) in [6.45, 7) is 4.17. The lowest BCUT2D eigenvalue weighted by molar-refractivity contribution is -0.134. The fourth-order valence-corrected chi connectivity index (χ4v) is 2.74. The highest BCUT2D eigenvalue weighted by Gasteiger charge is 2.23. The van der Waals surface area contributed by atoms with Crippen LogP contribution in [0.5, 0.6) is 0 Å². The Morgan fingerprint density at radius 2 is 1.96 bits per heavy atom. The summed E-state index contributed by atoms with van der Waals surface area (Å²) in [7, 11) is 0. The SMILES string of the molecule is CCCc1cccc(N2CCCC2CN)c1.O=C(O)/C=C/C(=O)O. The number of anilines is 1. The molecule has 1 atom stereocenters. The summed E-state index contributed by atoms with van der Waals surface area (Å²) in [6.07, 6.45) is 6.03. The van der Waals surface area contributed by atoms with Gasteiger partial charge in [-0.2, -0.15) is 0 Å². The van der Waals surface area contributed by atoms with Crippen molar-refractivity contribution in [2.75, 3.05) is 18.0 Å². The molecular weight excluding hydrogens is 308 g/mol. The van der Waals surface area contributed by atoms with E-state index in [0.29, 0.717) is 18.2 Å². The highest BCUT2D eigenvalue weighted by molar-refractivity contribution is 5.89. The van der Waals surface area contributed by atoms with Gasteiger partial charge in [0, 0.05) is 37.0 Å².